The Morgan fingerprint density at radius 1 is 1.41 bits per heavy atom. The average molecular weight is 372 g/mol. The van der Waals surface area contributed by atoms with Gasteiger partial charge in [-0.1, -0.05) is 0 Å². The van der Waals surface area contributed by atoms with Crippen LogP contribution in [0.2, 0.25) is 0 Å². The summed E-state index contributed by atoms with van der Waals surface area (Å²) in [6, 6.07) is 5.85. The first-order valence-electron chi connectivity index (χ1n) is 9.76. The second-order valence-corrected chi connectivity index (χ2v) is 7.66. The third kappa shape index (κ3) is 4.03. The van der Waals surface area contributed by atoms with Gasteiger partial charge in [-0.25, -0.2) is 0 Å². The number of carbonyl (C=O) groups is 1. The van der Waals surface area contributed by atoms with Gasteiger partial charge < -0.3 is 25.0 Å². The Bertz CT molecular complexity index is 728. The van der Waals surface area contributed by atoms with Crippen LogP contribution in [0.5, 0.6) is 5.75 Å². The topological polar surface area (TPSA) is 75.2 Å². The second-order valence-electron chi connectivity index (χ2n) is 7.66. The number of fused-ring (bicyclic) bond motifs is 1. The van der Waals surface area contributed by atoms with E-state index in [9.17, 15) is 4.79 Å². The second kappa shape index (κ2) is 7.76. The van der Waals surface area contributed by atoms with Gasteiger partial charge in [0.2, 0.25) is 5.91 Å². The van der Waals surface area contributed by atoms with Crippen LogP contribution in [-0.2, 0) is 16.0 Å². The molecule has 2 N–H and O–H groups in total. The van der Waals surface area contributed by atoms with Crippen LogP contribution < -0.4 is 15.4 Å². The van der Waals surface area contributed by atoms with Crippen LogP contribution in [0.25, 0.3) is 0 Å². The first kappa shape index (κ1) is 18.1. The van der Waals surface area contributed by atoms with E-state index in [2.05, 4.69) is 20.5 Å². The van der Waals surface area contributed by atoms with E-state index in [0.29, 0.717) is 25.0 Å². The predicted molar refractivity (Wildman–Crippen MR) is 104 cm³/mol. The number of benzene rings is 1. The number of carbonyl (C=O) groups excluding carboxylic acids is 1. The standard InChI is InChI=1S/C20H28N4O3/c1-21-19(24-9-6-20(13-24)7-10-26-14-20)22-8-11-27-16-3-4-17-15(12-16)2-5-18(25)23-17/h3-4,12H,2,5-11,13-14H2,1H3,(H,21,22)(H,23,25). The fourth-order valence-electron chi connectivity index (χ4n) is 4.20. The zero-order valence-electron chi connectivity index (χ0n) is 15.9. The first-order valence-corrected chi connectivity index (χ1v) is 9.76. The van der Waals surface area contributed by atoms with Gasteiger partial charge in [0.1, 0.15) is 12.4 Å². The maximum absolute atomic E-state index is 11.4. The predicted octanol–water partition coefficient (Wildman–Crippen LogP) is 1.64. The molecular formula is C20H28N4O3. The highest BCUT2D eigenvalue weighted by Gasteiger charge is 2.42. The summed E-state index contributed by atoms with van der Waals surface area (Å²) in [5.41, 5.74) is 2.36. The van der Waals surface area contributed by atoms with Crippen LogP contribution in [-0.4, -0.2) is 63.3 Å². The van der Waals surface area contributed by atoms with Crippen LogP contribution in [0.3, 0.4) is 0 Å². The highest BCUT2D eigenvalue weighted by molar-refractivity contribution is 5.94. The lowest BCUT2D eigenvalue weighted by atomic mass is 9.87. The lowest BCUT2D eigenvalue weighted by Crippen LogP contribution is -2.42. The van der Waals surface area contributed by atoms with Gasteiger partial charge in [-0.2, -0.15) is 0 Å². The number of nitrogens with one attached hydrogen (secondary N) is 2. The zero-order chi connectivity index (χ0) is 18.7. The number of ether oxygens (including phenoxy) is 2. The van der Waals surface area contributed by atoms with Gasteiger partial charge >= 0.3 is 0 Å². The fourth-order valence-corrected chi connectivity index (χ4v) is 4.20. The maximum Gasteiger partial charge on any atom is 0.224 e. The van der Waals surface area contributed by atoms with Crippen LogP contribution in [0, 0.1) is 5.41 Å². The summed E-state index contributed by atoms with van der Waals surface area (Å²) >= 11 is 0. The summed E-state index contributed by atoms with van der Waals surface area (Å²) in [6.45, 7) is 5.07. The minimum Gasteiger partial charge on any atom is -0.492 e. The van der Waals surface area contributed by atoms with Crippen LogP contribution in [0.4, 0.5) is 5.69 Å². The summed E-state index contributed by atoms with van der Waals surface area (Å²) < 4.78 is 11.5. The SMILES string of the molecule is CN=C(NCCOc1ccc2c(c1)CCC(=O)N2)N1CCC2(CCOC2)C1. The number of anilines is 1. The molecule has 0 aliphatic carbocycles. The first-order chi connectivity index (χ1) is 13.2. The molecule has 27 heavy (non-hydrogen) atoms. The van der Waals surface area contributed by atoms with Crippen molar-refractivity contribution in [1.29, 1.82) is 0 Å². The van der Waals surface area contributed by atoms with Crippen molar-refractivity contribution in [2.24, 2.45) is 10.4 Å². The number of amides is 1. The fraction of sp³-hybridized carbons (Fsp3) is 0.600. The molecule has 4 rings (SSSR count). The lowest BCUT2D eigenvalue weighted by molar-refractivity contribution is -0.116. The third-order valence-corrected chi connectivity index (χ3v) is 5.76. The van der Waals surface area contributed by atoms with E-state index in [-0.39, 0.29) is 5.91 Å². The number of nitrogens with zero attached hydrogens (tertiary/aromatic N) is 2. The Morgan fingerprint density at radius 3 is 3.15 bits per heavy atom. The average Bonchev–Trinajstić information content (AvgIpc) is 3.32. The summed E-state index contributed by atoms with van der Waals surface area (Å²) in [4.78, 5) is 18.2. The van der Waals surface area contributed by atoms with Gasteiger partial charge in [-0.15, -0.1) is 0 Å². The Balaban J connectivity index is 1.24. The minimum atomic E-state index is 0.0830. The zero-order valence-corrected chi connectivity index (χ0v) is 15.9. The molecule has 2 saturated heterocycles. The summed E-state index contributed by atoms with van der Waals surface area (Å²) in [5, 5.41) is 6.30. The van der Waals surface area contributed by atoms with Gasteiger partial charge in [0, 0.05) is 44.3 Å². The quantitative estimate of drug-likeness (QED) is 0.477. The molecule has 7 heteroatoms. The molecule has 3 heterocycles. The molecule has 1 aromatic carbocycles. The van der Waals surface area contributed by atoms with Crippen molar-refractivity contribution in [2.75, 3.05) is 51.8 Å². The number of hydrogen-bond donors (Lipinski definition) is 2. The maximum atomic E-state index is 11.4. The number of hydrogen-bond acceptors (Lipinski definition) is 4. The Morgan fingerprint density at radius 2 is 2.33 bits per heavy atom. The molecule has 7 nitrogen and oxygen atoms in total. The van der Waals surface area contributed by atoms with E-state index >= 15 is 0 Å². The number of rotatable bonds is 4. The highest BCUT2D eigenvalue weighted by Crippen LogP contribution is 2.38. The largest absolute Gasteiger partial charge is 0.492 e. The molecule has 0 aromatic heterocycles. The molecule has 3 aliphatic heterocycles. The molecule has 1 atom stereocenters. The number of likely N-dealkylation sites (tertiary alicyclic amines) is 1. The van der Waals surface area contributed by atoms with E-state index in [1.54, 1.807) is 0 Å². The number of aliphatic imine (C=N–C) groups is 1. The number of guanidine groups is 1. The van der Waals surface area contributed by atoms with Crippen molar-refractivity contribution >= 4 is 17.6 Å². The molecule has 2 fully saturated rings. The van der Waals surface area contributed by atoms with Gasteiger partial charge in [0.25, 0.3) is 0 Å². The highest BCUT2D eigenvalue weighted by atomic mass is 16.5. The molecule has 146 valence electrons. The molecule has 1 spiro atoms. The monoisotopic (exact) mass is 372 g/mol. The van der Waals surface area contributed by atoms with E-state index in [4.69, 9.17) is 9.47 Å². The Labute approximate surface area is 160 Å². The minimum absolute atomic E-state index is 0.0830. The van der Waals surface area contributed by atoms with E-state index < -0.39 is 0 Å². The summed E-state index contributed by atoms with van der Waals surface area (Å²) in [5.74, 6) is 1.86. The van der Waals surface area contributed by atoms with Crippen LogP contribution >= 0.6 is 0 Å². The molecular weight excluding hydrogens is 344 g/mol. The van der Waals surface area contributed by atoms with Gasteiger partial charge in [0.05, 0.1) is 13.2 Å². The lowest BCUT2D eigenvalue weighted by Gasteiger charge is -2.25. The molecule has 1 unspecified atom stereocenters. The van der Waals surface area contributed by atoms with Crippen molar-refractivity contribution < 1.29 is 14.3 Å². The Hall–Kier alpha value is -2.28. The Kier molecular flexibility index (Phi) is 5.20. The molecule has 1 aromatic rings. The van der Waals surface area contributed by atoms with E-state index in [1.165, 1.54) is 6.42 Å². The smallest absolute Gasteiger partial charge is 0.224 e. The van der Waals surface area contributed by atoms with Crippen molar-refractivity contribution in [3.8, 4) is 5.75 Å². The number of aryl methyl sites for hydroxylation is 1. The molecule has 0 bridgehead atoms. The summed E-state index contributed by atoms with van der Waals surface area (Å²) in [7, 11) is 1.83. The summed E-state index contributed by atoms with van der Waals surface area (Å²) in [6.07, 6.45) is 3.64. The van der Waals surface area contributed by atoms with E-state index in [1.807, 2.05) is 25.2 Å². The van der Waals surface area contributed by atoms with Crippen molar-refractivity contribution in [3.63, 3.8) is 0 Å². The molecule has 0 radical (unpaired) electrons. The van der Waals surface area contributed by atoms with Gasteiger partial charge in [0.15, 0.2) is 5.96 Å². The molecule has 0 saturated carbocycles. The molecule has 3 aliphatic rings. The third-order valence-electron chi connectivity index (χ3n) is 5.76. The van der Waals surface area contributed by atoms with Crippen molar-refractivity contribution in [3.05, 3.63) is 23.8 Å². The van der Waals surface area contributed by atoms with E-state index in [0.717, 1.165) is 62.1 Å². The van der Waals surface area contributed by atoms with Crippen molar-refractivity contribution in [1.82, 2.24) is 10.2 Å². The van der Waals surface area contributed by atoms with Gasteiger partial charge in [-0.3, -0.25) is 9.79 Å². The normalized spacial score (nSPS) is 24.9. The van der Waals surface area contributed by atoms with Crippen LogP contribution in [0.1, 0.15) is 24.8 Å². The molecule has 1 amide bonds. The van der Waals surface area contributed by atoms with Gasteiger partial charge in [-0.05, 0) is 43.0 Å². The van der Waals surface area contributed by atoms with Crippen molar-refractivity contribution in [2.45, 2.75) is 25.7 Å². The van der Waals surface area contributed by atoms with Crippen LogP contribution in [0.15, 0.2) is 23.2 Å².